The molecule has 0 spiro atoms. The zero-order valence-electron chi connectivity index (χ0n) is 14.4. The van der Waals surface area contributed by atoms with Crippen molar-refractivity contribution >= 4 is 21.7 Å². The van der Waals surface area contributed by atoms with E-state index in [1.54, 1.807) is 18.2 Å². The van der Waals surface area contributed by atoms with Crippen LogP contribution in [0.2, 0.25) is 0 Å². The monoisotopic (exact) mass is 335 g/mol. The Morgan fingerprint density at radius 3 is 1.87 bits per heavy atom. The Kier molecular flexibility index (Phi) is 4.45. The lowest BCUT2D eigenvalue weighted by Gasteiger charge is -2.24. The zero-order valence-corrected chi connectivity index (χ0v) is 15.2. The standard InChI is InChI=1S/C16H23N4O2S/c1-12-11-13(2)18-16(17-12)19(3)23(21,22)15-9-7-14(8-10-15)20(4,5)6/h7-11H,1-6H3/q+1. The summed E-state index contributed by atoms with van der Waals surface area (Å²) in [5.41, 5.74) is 2.49. The van der Waals surface area contributed by atoms with Crippen molar-refractivity contribution in [3.05, 3.63) is 41.7 Å². The van der Waals surface area contributed by atoms with E-state index in [1.807, 2.05) is 47.1 Å². The van der Waals surface area contributed by atoms with Gasteiger partial charge in [-0.25, -0.2) is 22.7 Å². The minimum atomic E-state index is -3.69. The molecule has 0 N–H and O–H groups in total. The summed E-state index contributed by atoms with van der Waals surface area (Å²) in [4.78, 5) is 8.65. The number of hydrogen-bond donors (Lipinski definition) is 0. The van der Waals surface area contributed by atoms with Gasteiger partial charge in [-0.05, 0) is 32.0 Å². The summed E-state index contributed by atoms with van der Waals surface area (Å²) < 4.78 is 27.3. The molecule has 0 amide bonds. The average molecular weight is 335 g/mol. The Labute approximate surface area is 138 Å². The van der Waals surface area contributed by atoms with Gasteiger partial charge in [0.25, 0.3) is 10.0 Å². The van der Waals surface area contributed by atoms with E-state index in [-0.39, 0.29) is 10.8 Å². The first-order valence-corrected chi connectivity index (χ1v) is 8.69. The number of benzene rings is 1. The van der Waals surface area contributed by atoms with Crippen molar-refractivity contribution in [2.75, 3.05) is 32.5 Å². The fourth-order valence-electron chi connectivity index (χ4n) is 2.18. The number of anilines is 1. The molecule has 2 aromatic rings. The molecule has 0 radical (unpaired) electrons. The molecule has 7 heteroatoms. The zero-order chi connectivity index (χ0) is 17.4. The molecule has 0 aliphatic heterocycles. The lowest BCUT2D eigenvalue weighted by atomic mass is 10.3. The lowest BCUT2D eigenvalue weighted by molar-refractivity contribution is 0.486. The molecule has 124 valence electrons. The van der Waals surface area contributed by atoms with E-state index in [0.717, 1.165) is 21.4 Å². The fourth-order valence-corrected chi connectivity index (χ4v) is 3.27. The maximum Gasteiger partial charge on any atom is 0.266 e. The lowest BCUT2D eigenvalue weighted by Crippen LogP contribution is -2.34. The molecule has 0 aliphatic rings. The maximum atomic E-state index is 12.8. The van der Waals surface area contributed by atoms with Gasteiger partial charge in [0.15, 0.2) is 0 Å². The van der Waals surface area contributed by atoms with Crippen LogP contribution in [0.5, 0.6) is 0 Å². The Hall–Kier alpha value is -1.99. The van der Waals surface area contributed by atoms with Crippen molar-refractivity contribution in [2.45, 2.75) is 18.7 Å². The highest BCUT2D eigenvalue weighted by molar-refractivity contribution is 7.92. The molecule has 1 aromatic heterocycles. The van der Waals surface area contributed by atoms with Gasteiger partial charge in [-0.3, -0.25) is 4.48 Å². The van der Waals surface area contributed by atoms with Crippen molar-refractivity contribution < 1.29 is 8.42 Å². The Balaban J connectivity index is 2.41. The SMILES string of the molecule is Cc1cc(C)nc(N(C)S(=O)(=O)c2ccc([N+](C)(C)C)cc2)n1. The summed E-state index contributed by atoms with van der Waals surface area (Å²) in [6.45, 7) is 3.63. The molecule has 0 saturated carbocycles. The minimum absolute atomic E-state index is 0.179. The smallest absolute Gasteiger partial charge is 0.266 e. The van der Waals surface area contributed by atoms with Crippen LogP contribution >= 0.6 is 0 Å². The van der Waals surface area contributed by atoms with Gasteiger partial charge in [-0.2, -0.15) is 0 Å². The van der Waals surface area contributed by atoms with Crippen LogP contribution < -0.4 is 8.79 Å². The normalized spacial score (nSPS) is 12.3. The van der Waals surface area contributed by atoms with Gasteiger partial charge in [-0.15, -0.1) is 0 Å². The molecule has 0 aliphatic carbocycles. The van der Waals surface area contributed by atoms with Crippen LogP contribution in [-0.2, 0) is 10.0 Å². The molecule has 23 heavy (non-hydrogen) atoms. The molecule has 0 unspecified atom stereocenters. The van der Waals surface area contributed by atoms with Crippen molar-refractivity contribution in [1.29, 1.82) is 0 Å². The van der Waals surface area contributed by atoms with Crippen LogP contribution in [0.15, 0.2) is 35.2 Å². The van der Waals surface area contributed by atoms with Gasteiger partial charge in [-0.1, -0.05) is 0 Å². The van der Waals surface area contributed by atoms with Crippen LogP contribution in [0.25, 0.3) is 0 Å². The van der Waals surface area contributed by atoms with Gasteiger partial charge in [0.2, 0.25) is 5.95 Å². The van der Waals surface area contributed by atoms with E-state index >= 15 is 0 Å². The number of aromatic nitrogens is 2. The Morgan fingerprint density at radius 1 is 0.957 bits per heavy atom. The highest BCUT2D eigenvalue weighted by Gasteiger charge is 2.24. The number of nitrogens with zero attached hydrogens (tertiary/aromatic N) is 4. The van der Waals surface area contributed by atoms with Gasteiger partial charge in [0.1, 0.15) is 5.69 Å². The van der Waals surface area contributed by atoms with Crippen LogP contribution in [0.3, 0.4) is 0 Å². The molecular formula is C16H23N4O2S+. The minimum Gasteiger partial charge on any atom is -0.298 e. The molecule has 0 saturated heterocycles. The molecule has 1 aromatic carbocycles. The number of aryl methyl sites for hydroxylation is 2. The summed E-state index contributed by atoms with van der Waals surface area (Å²) in [5.74, 6) is 0.179. The van der Waals surface area contributed by atoms with E-state index in [0.29, 0.717) is 4.48 Å². The van der Waals surface area contributed by atoms with Crippen molar-refractivity contribution in [3.63, 3.8) is 0 Å². The van der Waals surface area contributed by atoms with Crippen molar-refractivity contribution in [3.8, 4) is 0 Å². The summed E-state index contributed by atoms with van der Waals surface area (Å²) in [6.07, 6.45) is 0. The number of rotatable bonds is 4. The number of quaternary nitrogens is 1. The fraction of sp³-hybridized carbons (Fsp3) is 0.375. The van der Waals surface area contributed by atoms with Crippen LogP contribution in [0.1, 0.15) is 11.4 Å². The second kappa shape index (κ2) is 5.90. The predicted octanol–water partition coefficient (Wildman–Crippen LogP) is 2.12. The highest BCUT2D eigenvalue weighted by Crippen LogP contribution is 2.23. The van der Waals surface area contributed by atoms with Gasteiger partial charge >= 0.3 is 0 Å². The molecule has 2 rings (SSSR count). The Bertz CT molecular complexity index is 789. The highest BCUT2D eigenvalue weighted by atomic mass is 32.2. The van der Waals surface area contributed by atoms with Crippen molar-refractivity contribution in [1.82, 2.24) is 14.5 Å². The first kappa shape index (κ1) is 17.4. The third-order valence-corrected chi connectivity index (χ3v) is 5.27. The third kappa shape index (κ3) is 3.68. The van der Waals surface area contributed by atoms with Crippen LogP contribution in [0.4, 0.5) is 11.6 Å². The van der Waals surface area contributed by atoms with E-state index in [9.17, 15) is 8.42 Å². The predicted molar refractivity (Wildman–Crippen MR) is 93.1 cm³/mol. The first-order chi connectivity index (χ1) is 10.5. The quantitative estimate of drug-likeness (QED) is 0.803. The average Bonchev–Trinajstić information content (AvgIpc) is 2.44. The molecule has 0 bridgehead atoms. The molecule has 6 nitrogen and oxygen atoms in total. The number of hydrogen-bond acceptors (Lipinski definition) is 4. The van der Waals surface area contributed by atoms with Gasteiger partial charge in [0, 0.05) is 30.6 Å². The number of sulfonamides is 1. The maximum absolute atomic E-state index is 12.8. The third-order valence-electron chi connectivity index (χ3n) is 3.52. The summed E-state index contributed by atoms with van der Waals surface area (Å²) in [7, 11) is 3.86. The summed E-state index contributed by atoms with van der Waals surface area (Å²) >= 11 is 0. The van der Waals surface area contributed by atoms with E-state index < -0.39 is 10.0 Å². The summed E-state index contributed by atoms with van der Waals surface area (Å²) in [5, 5.41) is 0. The van der Waals surface area contributed by atoms with Gasteiger partial charge < -0.3 is 0 Å². The van der Waals surface area contributed by atoms with Gasteiger partial charge in [0.05, 0.1) is 26.0 Å². The Morgan fingerprint density at radius 2 is 1.43 bits per heavy atom. The molecule has 0 fully saturated rings. The van der Waals surface area contributed by atoms with Crippen LogP contribution in [-0.4, -0.2) is 46.6 Å². The van der Waals surface area contributed by atoms with E-state index in [4.69, 9.17) is 0 Å². The van der Waals surface area contributed by atoms with E-state index in [2.05, 4.69) is 9.97 Å². The molecule has 1 heterocycles. The second-order valence-corrected chi connectivity index (χ2v) is 8.40. The molecule has 0 atom stereocenters. The summed E-state index contributed by atoms with van der Waals surface area (Å²) in [6, 6.07) is 8.69. The largest absolute Gasteiger partial charge is 0.298 e. The van der Waals surface area contributed by atoms with Crippen molar-refractivity contribution in [2.24, 2.45) is 0 Å². The molecular weight excluding hydrogens is 312 g/mol. The topological polar surface area (TPSA) is 63.2 Å². The first-order valence-electron chi connectivity index (χ1n) is 7.25. The second-order valence-electron chi connectivity index (χ2n) is 6.43. The van der Waals surface area contributed by atoms with Crippen LogP contribution in [0, 0.1) is 13.8 Å². The van der Waals surface area contributed by atoms with E-state index in [1.165, 1.54) is 7.05 Å².